The predicted octanol–water partition coefficient (Wildman–Crippen LogP) is 0.491. The van der Waals surface area contributed by atoms with Crippen molar-refractivity contribution in [2.24, 2.45) is 0 Å². The third-order valence-corrected chi connectivity index (χ3v) is 7.04. The molecule has 1 saturated heterocycles. The number of rotatable bonds is 8. The second-order valence-corrected chi connectivity index (χ2v) is 10.5. The van der Waals surface area contributed by atoms with Gasteiger partial charge in [0.15, 0.2) is 22.9 Å². The minimum Gasteiger partial charge on any atom is -0.334 e. The smallest absolute Gasteiger partial charge is 0.279 e. The van der Waals surface area contributed by atoms with E-state index < -0.39 is 9.84 Å². The number of anilines is 1. The van der Waals surface area contributed by atoms with E-state index in [1.165, 1.54) is 0 Å². The monoisotopic (exact) mass is 424 g/mol. The minimum absolute atomic E-state index is 0.0459. The van der Waals surface area contributed by atoms with Crippen LogP contribution in [0, 0.1) is 20.8 Å². The number of aryl methyl sites for hydroxylation is 3. The number of likely N-dealkylation sites (N-methyl/N-ethyl adjacent to an activating group) is 1. The number of hydrogen-bond donors (Lipinski definition) is 2. The average Bonchev–Trinajstić information content (AvgIpc) is 2.95. The zero-order valence-electron chi connectivity index (χ0n) is 18.2. The number of quaternary nitrogens is 1. The van der Waals surface area contributed by atoms with Crippen LogP contribution < -0.4 is 10.2 Å². The summed E-state index contributed by atoms with van der Waals surface area (Å²) in [5, 5.41) is 2.97. The van der Waals surface area contributed by atoms with Gasteiger partial charge in [0.1, 0.15) is 0 Å². The molecule has 1 aliphatic rings. The number of nitrogens with zero attached hydrogens (tertiary/aromatic N) is 1. The molecule has 1 aromatic rings. The van der Waals surface area contributed by atoms with E-state index in [0.717, 1.165) is 33.7 Å². The molecule has 1 unspecified atom stereocenters. The fraction of sp³-hybridized carbons (Fsp3) is 0.619. The van der Waals surface area contributed by atoms with Gasteiger partial charge in [0.2, 0.25) is 0 Å². The maximum Gasteiger partial charge on any atom is 0.279 e. The van der Waals surface area contributed by atoms with Crippen LogP contribution in [0.1, 0.15) is 36.5 Å². The number of amides is 2. The van der Waals surface area contributed by atoms with Crippen LogP contribution in [0.4, 0.5) is 5.69 Å². The lowest BCUT2D eigenvalue weighted by Gasteiger charge is -2.28. The van der Waals surface area contributed by atoms with E-state index in [9.17, 15) is 18.0 Å². The van der Waals surface area contributed by atoms with Crippen molar-refractivity contribution in [1.29, 1.82) is 0 Å². The quantitative estimate of drug-likeness (QED) is 0.636. The van der Waals surface area contributed by atoms with Gasteiger partial charge in [-0.3, -0.25) is 9.59 Å². The summed E-state index contributed by atoms with van der Waals surface area (Å²) in [7, 11) is -1.24. The topological polar surface area (TPSA) is 88.0 Å². The van der Waals surface area contributed by atoms with E-state index in [1.54, 1.807) is 4.90 Å². The summed E-state index contributed by atoms with van der Waals surface area (Å²) in [6.07, 6.45) is 1.27. The van der Waals surface area contributed by atoms with Gasteiger partial charge in [-0.15, -0.1) is 0 Å². The van der Waals surface area contributed by atoms with Gasteiger partial charge in [0.25, 0.3) is 11.8 Å². The molecule has 2 atom stereocenters. The molecule has 29 heavy (non-hydrogen) atoms. The summed E-state index contributed by atoms with van der Waals surface area (Å²) in [6, 6.07) is 3.81. The van der Waals surface area contributed by atoms with E-state index in [2.05, 4.69) is 5.32 Å². The molecule has 7 nitrogen and oxygen atoms in total. The normalized spacial score (nSPS) is 19.0. The molecule has 8 heteroatoms. The molecule has 0 aromatic heterocycles. The molecule has 2 rings (SSSR count). The van der Waals surface area contributed by atoms with Crippen molar-refractivity contribution in [2.75, 3.05) is 43.5 Å². The fourth-order valence-corrected chi connectivity index (χ4v) is 5.76. The minimum atomic E-state index is -3.05. The molecular weight excluding hydrogens is 390 g/mol. The van der Waals surface area contributed by atoms with E-state index in [-0.39, 0.29) is 42.5 Å². The second-order valence-electron chi connectivity index (χ2n) is 8.28. The van der Waals surface area contributed by atoms with E-state index in [1.807, 2.05) is 46.9 Å². The molecule has 1 fully saturated rings. The van der Waals surface area contributed by atoms with Crippen molar-refractivity contribution in [1.82, 2.24) is 4.90 Å². The maximum absolute atomic E-state index is 12.8. The van der Waals surface area contributed by atoms with E-state index in [0.29, 0.717) is 13.0 Å². The standard InChI is InChI=1S/C21H33N3O4S/c1-6-8-24(18-7-9-29(27,28)14-18)20(26)13-23(5)12-19(25)22-21-16(3)10-15(2)11-17(21)4/h10-11,18H,6-9,12-14H2,1-5H3,(H,22,25)/p+1/t18-/m0/s1. The third kappa shape index (κ3) is 6.54. The Hall–Kier alpha value is -1.93. The lowest BCUT2D eigenvalue weighted by atomic mass is 10.1. The van der Waals surface area contributed by atoms with Crippen molar-refractivity contribution < 1.29 is 22.9 Å². The molecule has 2 amide bonds. The summed E-state index contributed by atoms with van der Waals surface area (Å²) in [5.74, 6) is -0.0479. The van der Waals surface area contributed by atoms with Crippen molar-refractivity contribution in [3.8, 4) is 0 Å². The summed E-state index contributed by atoms with van der Waals surface area (Å²) in [5.41, 5.74) is 4.00. The van der Waals surface area contributed by atoms with E-state index >= 15 is 0 Å². The SMILES string of the molecule is CCCN(C(=O)C[NH+](C)CC(=O)Nc1c(C)cc(C)cc1C)[C@H]1CCS(=O)(=O)C1. The van der Waals surface area contributed by atoms with Crippen LogP contribution in [0.5, 0.6) is 0 Å². The number of benzene rings is 1. The molecule has 2 N–H and O–H groups in total. The molecule has 0 radical (unpaired) electrons. The summed E-state index contributed by atoms with van der Waals surface area (Å²) in [6.45, 7) is 8.80. The van der Waals surface area contributed by atoms with Gasteiger partial charge in [-0.05, 0) is 44.7 Å². The number of carbonyl (C=O) groups is 2. The first-order chi connectivity index (χ1) is 13.5. The molecule has 162 valence electrons. The number of sulfone groups is 1. The van der Waals surface area contributed by atoms with Crippen molar-refractivity contribution >= 4 is 27.3 Å². The van der Waals surface area contributed by atoms with Crippen LogP contribution in [-0.2, 0) is 19.4 Å². The van der Waals surface area contributed by atoms with Gasteiger partial charge in [-0.1, -0.05) is 24.6 Å². The Labute approximate surface area is 174 Å². The molecule has 1 heterocycles. The highest BCUT2D eigenvalue weighted by Crippen LogP contribution is 2.21. The first-order valence-electron chi connectivity index (χ1n) is 10.2. The molecule has 0 spiro atoms. The largest absolute Gasteiger partial charge is 0.334 e. The lowest BCUT2D eigenvalue weighted by molar-refractivity contribution is -0.862. The molecular formula is C21H34N3O4S+. The van der Waals surface area contributed by atoms with Crippen LogP contribution in [0.2, 0.25) is 0 Å². The Morgan fingerprint density at radius 2 is 1.79 bits per heavy atom. The Morgan fingerprint density at radius 3 is 2.31 bits per heavy atom. The van der Waals surface area contributed by atoms with Crippen molar-refractivity contribution in [3.63, 3.8) is 0 Å². The highest BCUT2D eigenvalue weighted by molar-refractivity contribution is 7.91. The van der Waals surface area contributed by atoms with Crippen LogP contribution >= 0.6 is 0 Å². The summed E-state index contributed by atoms with van der Waals surface area (Å²) in [4.78, 5) is 27.8. The van der Waals surface area contributed by atoms with Gasteiger partial charge in [-0.25, -0.2) is 8.42 Å². The van der Waals surface area contributed by atoms with Gasteiger partial charge < -0.3 is 15.1 Å². The van der Waals surface area contributed by atoms with Crippen molar-refractivity contribution in [3.05, 3.63) is 28.8 Å². The van der Waals surface area contributed by atoms with E-state index in [4.69, 9.17) is 0 Å². The predicted molar refractivity (Wildman–Crippen MR) is 115 cm³/mol. The molecule has 1 aliphatic heterocycles. The number of hydrogen-bond acceptors (Lipinski definition) is 4. The Bertz CT molecular complexity index is 844. The summed E-state index contributed by atoms with van der Waals surface area (Å²) < 4.78 is 23.6. The van der Waals surface area contributed by atoms with Gasteiger partial charge >= 0.3 is 0 Å². The number of carbonyl (C=O) groups excluding carboxylic acids is 2. The number of nitrogens with one attached hydrogen (secondary N) is 2. The van der Waals surface area contributed by atoms with Gasteiger partial charge in [0, 0.05) is 18.3 Å². The van der Waals surface area contributed by atoms with Crippen LogP contribution in [0.25, 0.3) is 0 Å². The van der Waals surface area contributed by atoms with Gasteiger partial charge in [0.05, 0.1) is 18.6 Å². The fourth-order valence-electron chi connectivity index (χ4n) is 4.03. The molecule has 1 aromatic carbocycles. The zero-order valence-corrected chi connectivity index (χ0v) is 19.0. The zero-order chi connectivity index (χ0) is 21.8. The Morgan fingerprint density at radius 1 is 1.17 bits per heavy atom. The lowest BCUT2D eigenvalue weighted by Crippen LogP contribution is -3.11. The average molecular weight is 425 g/mol. The van der Waals surface area contributed by atoms with Crippen LogP contribution in [0.3, 0.4) is 0 Å². The highest BCUT2D eigenvalue weighted by atomic mass is 32.2. The molecule has 0 bridgehead atoms. The van der Waals surface area contributed by atoms with Crippen LogP contribution in [0.15, 0.2) is 12.1 Å². The third-order valence-electron chi connectivity index (χ3n) is 5.29. The van der Waals surface area contributed by atoms with Gasteiger partial charge in [-0.2, -0.15) is 0 Å². The highest BCUT2D eigenvalue weighted by Gasteiger charge is 2.35. The first kappa shape index (κ1) is 23.3. The second kappa shape index (κ2) is 9.71. The maximum atomic E-state index is 12.8. The summed E-state index contributed by atoms with van der Waals surface area (Å²) >= 11 is 0. The first-order valence-corrected chi connectivity index (χ1v) is 12.0. The van der Waals surface area contributed by atoms with Crippen LogP contribution in [-0.4, -0.2) is 69.4 Å². The Balaban J connectivity index is 1.95. The van der Waals surface area contributed by atoms with Crippen molar-refractivity contribution in [2.45, 2.75) is 46.6 Å². The molecule has 0 aliphatic carbocycles. The Kier molecular flexibility index (Phi) is 7.82. The molecule has 0 saturated carbocycles.